The molecule has 0 spiro atoms. The first-order valence-electron chi connectivity index (χ1n) is 9.22. The largest absolute Gasteiger partial charge is 0.361 e. The number of nitrogens with zero attached hydrogens (tertiary/aromatic N) is 4. The van der Waals surface area contributed by atoms with E-state index in [0.717, 1.165) is 31.7 Å². The minimum atomic E-state index is 0.566. The molecule has 3 heterocycles. The van der Waals surface area contributed by atoms with Gasteiger partial charge in [-0.1, -0.05) is 36.4 Å². The van der Waals surface area contributed by atoms with Crippen LogP contribution in [0.1, 0.15) is 11.1 Å². The Morgan fingerprint density at radius 3 is 2.96 bits per heavy atom. The molecule has 0 saturated carbocycles. The number of para-hydroxylation sites is 2. The van der Waals surface area contributed by atoms with Crippen LogP contribution in [0.25, 0.3) is 10.9 Å². The zero-order valence-corrected chi connectivity index (χ0v) is 14.9. The van der Waals surface area contributed by atoms with Gasteiger partial charge in [0, 0.05) is 35.9 Å². The van der Waals surface area contributed by atoms with Gasteiger partial charge >= 0.3 is 0 Å². The van der Waals surface area contributed by atoms with Crippen LogP contribution in [-0.4, -0.2) is 33.3 Å². The molecule has 0 unspecified atom stereocenters. The van der Waals surface area contributed by atoms with Gasteiger partial charge in [0.05, 0.1) is 6.20 Å². The summed E-state index contributed by atoms with van der Waals surface area (Å²) < 4.78 is 0. The molecule has 1 aliphatic rings. The van der Waals surface area contributed by atoms with Crippen molar-refractivity contribution in [1.82, 2.24) is 20.2 Å². The molecular weight excluding hydrogens is 336 g/mol. The monoisotopic (exact) mass is 356 g/mol. The lowest BCUT2D eigenvalue weighted by Crippen LogP contribution is -2.17. The maximum absolute atomic E-state index is 4.67. The minimum Gasteiger partial charge on any atom is -0.361 e. The van der Waals surface area contributed by atoms with Gasteiger partial charge in [0.1, 0.15) is 0 Å². The third-order valence-electron chi connectivity index (χ3n) is 5.06. The summed E-state index contributed by atoms with van der Waals surface area (Å²) in [5.41, 5.74) is 5.02. The lowest BCUT2D eigenvalue weighted by Gasteiger charge is -2.18. The zero-order valence-electron chi connectivity index (χ0n) is 14.9. The molecule has 2 N–H and O–H groups in total. The number of hydrogen-bond acceptors (Lipinski definition) is 5. The molecule has 27 heavy (non-hydrogen) atoms. The van der Waals surface area contributed by atoms with E-state index >= 15 is 0 Å². The Hall–Kier alpha value is -3.41. The number of nitrogens with one attached hydrogen (secondary N) is 2. The highest BCUT2D eigenvalue weighted by Gasteiger charge is 2.21. The summed E-state index contributed by atoms with van der Waals surface area (Å²) in [6, 6.07) is 16.8. The lowest BCUT2D eigenvalue weighted by molar-refractivity contribution is 0.897. The van der Waals surface area contributed by atoms with Gasteiger partial charge in [-0.15, -0.1) is 5.10 Å². The van der Waals surface area contributed by atoms with Crippen LogP contribution in [0.5, 0.6) is 0 Å². The molecule has 5 rings (SSSR count). The highest BCUT2D eigenvalue weighted by atomic mass is 15.3. The number of benzene rings is 2. The van der Waals surface area contributed by atoms with Crippen molar-refractivity contribution >= 4 is 28.4 Å². The van der Waals surface area contributed by atoms with Crippen molar-refractivity contribution in [2.24, 2.45) is 0 Å². The highest BCUT2D eigenvalue weighted by Crippen LogP contribution is 2.32. The summed E-state index contributed by atoms with van der Waals surface area (Å²) in [6.07, 6.45) is 5.73. The van der Waals surface area contributed by atoms with E-state index in [9.17, 15) is 0 Å². The fraction of sp³-hybridized carbons (Fsp3) is 0.190. The number of rotatable bonds is 5. The summed E-state index contributed by atoms with van der Waals surface area (Å²) >= 11 is 0. The van der Waals surface area contributed by atoms with Crippen molar-refractivity contribution < 1.29 is 0 Å². The van der Waals surface area contributed by atoms with Crippen molar-refractivity contribution in [1.29, 1.82) is 0 Å². The van der Waals surface area contributed by atoms with E-state index in [0.29, 0.717) is 5.95 Å². The Morgan fingerprint density at radius 1 is 1.07 bits per heavy atom. The van der Waals surface area contributed by atoms with Gasteiger partial charge < -0.3 is 15.2 Å². The second kappa shape index (κ2) is 6.72. The molecule has 1 aliphatic heterocycles. The minimum absolute atomic E-state index is 0.566. The molecule has 2 aromatic carbocycles. The molecule has 4 aromatic rings. The zero-order chi connectivity index (χ0) is 18.1. The Morgan fingerprint density at radius 2 is 1.96 bits per heavy atom. The first kappa shape index (κ1) is 15.8. The van der Waals surface area contributed by atoms with Crippen molar-refractivity contribution in [3.8, 4) is 0 Å². The van der Waals surface area contributed by atoms with Crippen LogP contribution in [0.4, 0.5) is 17.5 Å². The molecule has 0 atom stereocenters. The van der Waals surface area contributed by atoms with Crippen LogP contribution in [0.15, 0.2) is 60.9 Å². The van der Waals surface area contributed by atoms with E-state index < -0.39 is 0 Å². The predicted octanol–water partition coefficient (Wildman–Crippen LogP) is 3.70. The van der Waals surface area contributed by atoms with Gasteiger partial charge in [-0.2, -0.15) is 10.1 Å². The highest BCUT2D eigenvalue weighted by molar-refractivity contribution is 5.83. The first-order chi connectivity index (χ1) is 13.4. The molecule has 6 nitrogen and oxygen atoms in total. The molecule has 0 amide bonds. The van der Waals surface area contributed by atoms with Crippen LogP contribution in [0.2, 0.25) is 0 Å². The molecule has 0 aliphatic carbocycles. The van der Waals surface area contributed by atoms with Crippen molar-refractivity contribution in [2.45, 2.75) is 12.8 Å². The van der Waals surface area contributed by atoms with Crippen LogP contribution in [-0.2, 0) is 12.8 Å². The Balaban J connectivity index is 1.29. The van der Waals surface area contributed by atoms with Crippen molar-refractivity contribution in [3.05, 3.63) is 72.1 Å². The summed E-state index contributed by atoms with van der Waals surface area (Å²) in [6.45, 7) is 1.68. The van der Waals surface area contributed by atoms with Gasteiger partial charge in [0.25, 0.3) is 0 Å². The van der Waals surface area contributed by atoms with Crippen LogP contribution < -0.4 is 10.2 Å². The summed E-state index contributed by atoms with van der Waals surface area (Å²) in [5, 5.41) is 12.9. The number of hydrogen-bond donors (Lipinski definition) is 2. The first-order valence-corrected chi connectivity index (χ1v) is 9.22. The summed E-state index contributed by atoms with van der Waals surface area (Å²) in [4.78, 5) is 10.2. The second-order valence-corrected chi connectivity index (χ2v) is 6.70. The van der Waals surface area contributed by atoms with Crippen molar-refractivity contribution in [3.63, 3.8) is 0 Å². The van der Waals surface area contributed by atoms with Gasteiger partial charge in [0.15, 0.2) is 5.82 Å². The number of aromatic nitrogens is 4. The topological polar surface area (TPSA) is 69.7 Å². The number of anilines is 3. The fourth-order valence-electron chi connectivity index (χ4n) is 3.72. The third-order valence-corrected chi connectivity index (χ3v) is 5.06. The Kier molecular flexibility index (Phi) is 3.93. The van der Waals surface area contributed by atoms with Crippen LogP contribution in [0.3, 0.4) is 0 Å². The number of H-pyrrole nitrogens is 1. The lowest BCUT2D eigenvalue weighted by atomic mass is 10.1. The Bertz CT molecular complexity index is 1090. The maximum atomic E-state index is 4.67. The molecular formula is C21H20N6. The van der Waals surface area contributed by atoms with E-state index in [1.165, 1.54) is 27.7 Å². The standard InChI is InChI=1S/C21H20N6/c1-4-8-19-15(5-1)10-12-27(19)20-14-24-26-21(25-20)22-11-9-16-13-23-18-7-3-2-6-17(16)18/h1-8,13-14,23H,9-12H2,(H,22,25,26). The molecule has 2 aromatic heterocycles. The molecule has 0 saturated heterocycles. The summed E-state index contributed by atoms with van der Waals surface area (Å²) in [5.74, 6) is 1.40. The number of fused-ring (bicyclic) bond motifs is 2. The SMILES string of the molecule is c1ccc2c(c1)CCN2c1cnnc(NCCc2c[nH]c3ccccc23)n1. The molecule has 0 radical (unpaired) electrons. The second-order valence-electron chi connectivity index (χ2n) is 6.70. The molecule has 0 bridgehead atoms. The average Bonchev–Trinajstić information content (AvgIpc) is 3.33. The predicted molar refractivity (Wildman–Crippen MR) is 107 cm³/mol. The Labute approximate surface area is 157 Å². The molecule has 6 heteroatoms. The van der Waals surface area contributed by atoms with E-state index in [2.05, 4.69) is 79.0 Å². The van der Waals surface area contributed by atoms with Gasteiger partial charge in [0.2, 0.25) is 5.95 Å². The molecule has 134 valence electrons. The average molecular weight is 356 g/mol. The van der Waals surface area contributed by atoms with E-state index in [4.69, 9.17) is 0 Å². The van der Waals surface area contributed by atoms with Crippen molar-refractivity contribution in [2.75, 3.05) is 23.3 Å². The van der Waals surface area contributed by atoms with E-state index in [-0.39, 0.29) is 0 Å². The number of aromatic amines is 1. The summed E-state index contributed by atoms with van der Waals surface area (Å²) in [7, 11) is 0. The van der Waals surface area contributed by atoms with Gasteiger partial charge in [-0.05, 0) is 36.1 Å². The van der Waals surface area contributed by atoms with Gasteiger partial charge in [-0.3, -0.25) is 0 Å². The molecule has 0 fully saturated rings. The van der Waals surface area contributed by atoms with E-state index in [1.807, 2.05) is 6.07 Å². The van der Waals surface area contributed by atoms with Crippen LogP contribution in [0, 0.1) is 0 Å². The van der Waals surface area contributed by atoms with E-state index in [1.54, 1.807) is 6.20 Å². The fourth-order valence-corrected chi connectivity index (χ4v) is 3.72. The smallest absolute Gasteiger partial charge is 0.244 e. The quantitative estimate of drug-likeness (QED) is 0.571. The normalized spacial score (nSPS) is 13.1. The maximum Gasteiger partial charge on any atom is 0.244 e. The third kappa shape index (κ3) is 2.99. The van der Waals surface area contributed by atoms with Gasteiger partial charge in [-0.25, -0.2) is 0 Å². The van der Waals surface area contributed by atoms with Crippen LogP contribution >= 0.6 is 0 Å².